The lowest BCUT2D eigenvalue weighted by Crippen LogP contribution is -2.70. The van der Waals surface area contributed by atoms with Gasteiger partial charge in [-0.25, -0.2) is 4.98 Å². The molecule has 3 N–H and O–H groups in total. The Kier molecular flexibility index (Phi) is 3.98. The smallest absolute Gasteiger partial charge is 0.256 e. The fraction of sp³-hybridized carbons (Fsp3) is 0.476. The van der Waals surface area contributed by atoms with E-state index in [2.05, 4.69) is 27.9 Å². The Hall–Kier alpha value is -2.41. The zero-order valence-corrected chi connectivity index (χ0v) is 16.6. The molecule has 4 aliphatic rings. The zero-order chi connectivity index (χ0) is 19.4. The first-order valence-electron chi connectivity index (χ1n) is 9.85. The van der Waals surface area contributed by atoms with Crippen molar-refractivity contribution in [3.63, 3.8) is 0 Å². The second-order valence-electron chi connectivity index (χ2n) is 8.60. The molecule has 0 radical (unpaired) electrons. The minimum Gasteiger partial charge on any atom is -0.351 e. The molecule has 6 nitrogen and oxygen atoms in total. The quantitative estimate of drug-likeness (QED) is 0.744. The Morgan fingerprint density at radius 2 is 2.25 bits per heavy atom. The molecule has 3 aliphatic carbocycles. The number of anilines is 1. The molecular formula is C21H24N4O2S. The lowest BCUT2D eigenvalue weighted by atomic mass is 9.51. The molecule has 2 aromatic heterocycles. The number of thiophene rings is 1. The number of nitrogens with zero attached hydrogens (tertiary/aromatic N) is 1. The van der Waals surface area contributed by atoms with Crippen molar-refractivity contribution in [2.45, 2.75) is 44.8 Å². The van der Waals surface area contributed by atoms with Crippen LogP contribution >= 0.6 is 11.3 Å². The number of rotatable bonds is 3. The highest BCUT2D eigenvalue weighted by atomic mass is 32.1. The molecule has 0 saturated heterocycles. The van der Waals surface area contributed by atoms with Gasteiger partial charge in [0.2, 0.25) is 5.91 Å². The average molecular weight is 397 g/mol. The minimum absolute atomic E-state index is 0.0272. The van der Waals surface area contributed by atoms with Crippen molar-refractivity contribution in [1.29, 1.82) is 0 Å². The summed E-state index contributed by atoms with van der Waals surface area (Å²) < 4.78 is 0. The van der Waals surface area contributed by atoms with Crippen LogP contribution in [0.4, 0.5) is 5.82 Å². The zero-order valence-electron chi connectivity index (χ0n) is 15.8. The summed E-state index contributed by atoms with van der Waals surface area (Å²) in [5.41, 5.74) is -0.0680. The van der Waals surface area contributed by atoms with E-state index in [1.165, 1.54) is 4.88 Å². The van der Waals surface area contributed by atoms with Crippen LogP contribution < -0.4 is 16.0 Å². The lowest BCUT2D eigenvalue weighted by molar-refractivity contribution is -0.139. The van der Waals surface area contributed by atoms with Gasteiger partial charge in [-0.2, -0.15) is 0 Å². The number of hydrogen-bond donors (Lipinski definition) is 3. The van der Waals surface area contributed by atoms with Crippen LogP contribution in [0.3, 0.4) is 0 Å². The number of aromatic nitrogens is 1. The van der Waals surface area contributed by atoms with Gasteiger partial charge in [0, 0.05) is 22.9 Å². The monoisotopic (exact) mass is 396 g/mol. The molecule has 7 heteroatoms. The molecule has 6 rings (SSSR count). The van der Waals surface area contributed by atoms with Crippen LogP contribution in [0.25, 0.3) is 0 Å². The van der Waals surface area contributed by atoms with Crippen molar-refractivity contribution in [2.75, 3.05) is 5.32 Å². The van der Waals surface area contributed by atoms with E-state index in [9.17, 15) is 9.59 Å². The normalized spacial score (nSPS) is 33.1. The van der Waals surface area contributed by atoms with E-state index in [0.717, 1.165) is 25.7 Å². The van der Waals surface area contributed by atoms with Gasteiger partial charge in [0.25, 0.3) is 5.91 Å². The summed E-state index contributed by atoms with van der Waals surface area (Å²) in [4.78, 5) is 31.3. The third-order valence-corrected chi connectivity index (χ3v) is 7.75. The highest BCUT2D eigenvalue weighted by molar-refractivity contribution is 7.09. The summed E-state index contributed by atoms with van der Waals surface area (Å²) >= 11 is 1.66. The van der Waals surface area contributed by atoms with Gasteiger partial charge in [-0.15, -0.1) is 11.3 Å². The summed E-state index contributed by atoms with van der Waals surface area (Å²) in [5, 5.41) is 11.9. The van der Waals surface area contributed by atoms with Crippen LogP contribution in [0.5, 0.6) is 0 Å². The molecule has 28 heavy (non-hydrogen) atoms. The molecular weight excluding hydrogens is 372 g/mol. The van der Waals surface area contributed by atoms with E-state index in [1.54, 1.807) is 29.7 Å². The number of carbonyl (C=O) groups is 2. The van der Waals surface area contributed by atoms with E-state index >= 15 is 0 Å². The van der Waals surface area contributed by atoms with Crippen molar-refractivity contribution >= 4 is 29.0 Å². The minimum atomic E-state index is -0.504. The molecule has 3 saturated carbocycles. The third-order valence-electron chi connectivity index (χ3n) is 6.87. The van der Waals surface area contributed by atoms with E-state index in [-0.39, 0.29) is 29.1 Å². The summed E-state index contributed by atoms with van der Waals surface area (Å²) in [6.07, 6.45) is 5.23. The highest BCUT2D eigenvalue weighted by Gasteiger charge is 2.60. The third kappa shape index (κ3) is 2.71. The van der Waals surface area contributed by atoms with Gasteiger partial charge in [-0.3, -0.25) is 9.59 Å². The molecule has 0 aromatic carbocycles. The van der Waals surface area contributed by atoms with E-state index in [0.29, 0.717) is 17.9 Å². The van der Waals surface area contributed by atoms with Crippen molar-refractivity contribution in [2.24, 2.45) is 17.3 Å². The molecule has 3 heterocycles. The maximum absolute atomic E-state index is 13.0. The number of amides is 2. The Bertz CT molecular complexity index is 930. The number of fused-ring (bicyclic) bond motifs is 3. The molecule has 2 amide bonds. The first-order chi connectivity index (χ1) is 13.5. The molecule has 1 spiro atoms. The second-order valence-corrected chi connectivity index (χ2v) is 9.63. The molecule has 4 atom stereocenters. The average Bonchev–Trinajstić information content (AvgIpc) is 3.19. The van der Waals surface area contributed by atoms with Crippen LogP contribution in [-0.2, 0) is 11.3 Å². The molecule has 1 aliphatic heterocycles. The number of hydrogen-bond acceptors (Lipinski definition) is 5. The van der Waals surface area contributed by atoms with Crippen molar-refractivity contribution in [3.8, 4) is 0 Å². The van der Waals surface area contributed by atoms with Crippen molar-refractivity contribution < 1.29 is 9.59 Å². The fourth-order valence-electron chi connectivity index (χ4n) is 5.43. The van der Waals surface area contributed by atoms with Gasteiger partial charge in [-0.1, -0.05) is 13.0 Å². The van der Waals surface area contributed by atoms with E-state index in [1.807, 2.05) is 17.5 Å². The number of nitrogens with one attached hydrogen (secondary N) is 3. The first kappa shape index (κ1) is 17.7. The highest BCUT2D eigenvalue weighted by Crippen LogP contribution is 2.58. The molecule has 3 fully saturated rings. The van der Waals surface area contributed by atoms with Gasteiger partial charge in [-0.05, 0) is 54.7 Å². The van der Waals surface area contributed by atoms with Crippen molar-refractivity contribution in [3.05, 3.63) is 46.3 Å². The van der Waals surface area contributed by atoms with Crippen LogP contribution in [0.15, 0.2) is 35.8 Å². The maximum Gasteiger partial charge on any atom is 0.256 e. The van der Waals surface area contributed by atoms with Gasteiger partial charge in [0.15, 0.2) is 0 Å². The summed E-state index contributed by atoms with van der Waals surface area (Å²) in [5.74, 6) is 0.903. The Balaban J connectivity index is 1.37. The Morgan fingerprint density at radius 1 is 1.36 bits per heavy atom. The van der Waals surface area contributed by atoms with E-state index < -0.39 is 5.66 Å². The fourth-order valence-corrected chi connectivity index (χ4v) is 6.08. The molecule has 0 unspecified atom stereocenters. The van der Waals surface area contributed by atoms with Crippen LogP contribution in [0.2, 0.25) is 0 Å². The summed E-state index contributed by atoms with van der Waals surface area (Å²) in [6.45, 7) is 2.78. The molecule has 146 valence electrons. The van der Waals surface area contributed by atoms with Gasteiger partial charge >= 0.3 is 0 Å². The second kappa shape index (κ2) is 6.30. The molecule has 2 bridgehead atoms. The van der Waals surface area contributed by atoms with E-state index in [4.69, 9.17) is 0 Å². The van der Waals surface area contributed by atoms with Gasteiger partial charge < -0.3 is 16.0 Å². The topological polar surface area (TPSA) is 83.1 Å². The standard InChI is InChI=1S/C21H24N4O2S/c1-20-7-6-13(10-16(20)19(27)23-11-14-4-3-9-28-14)21(12-20)24-17-15(18(26)25-21)5-2-8-22-17/h2-5,8-9,13,16H,6-7,10-12H2,1H3,(H,22,24)(H,23,27)(H,25,26)/t13-,16-,20+,21+/m1/s1. The largest absolute Gasteiger partial charge is 0.351 e. The first-order valence-corrected chi connectivity index (χ1v) is 10.7. The lowest BCUT2D eigenvalue weighted by Gasteiger charge is -2.60. The number of pyridine rings is 1. The van der Waals surface area contributed by atoms with Gasteiger partial charge in [0.05, 0.1) is 12.1 Å². The summed E-state index contributed by atoms with van der Waals surface area (Å²) in [6, 6.07) is 7.62. The predicted octanol–water partition coefficient (Wildman–Crippen LogP) is 3.14. The van der Waals surface area contributed by atoms with Crippen LogP contribution in [0.1, 0.15) is 47.8 Å². The Labute approximate surface area is 168 Å². The van der Waals surface area contributed by atoms with Crippen LogP contribution in [0, 0.1) is 17.3 Å². The maximum atomic E-state index is 13.0. The Morgan fingerprint density at radius 3 is 3.04 bits per heavy atom. The number of carbonyl (C=O) groups excluding carboxylic acids is 2. The summed E-state index contributed by atoms with van der Waals surface area (Å²) in [7, 11) is 0. The SMILES string of the molecule is C[C@@]12CC[C@H](C[C@@H]1C(=O)NCc1cccs1)[C@]1(C2)NC(=O)c2cccnc2N1. The van der Waals surface area contributed by atoms with Gasteiger partial charge in [0.1, 0.15) is 11.5 Å². The van der Waals surface area contributed by atoms with Crippen molar-refractivity contribution in [1.82, 2.24) is 15.6 Å². The molecule has 2 aromatic rings. The van der Waals surface area contributed by atoms with Crippen LogP contribution in [-0.4, -0.2) is 22.5 Å². The predicted molar refractivity (Wildman–Crippen MR) is 108 cm³/mol.